The van der Waals surface area contributed by atoms with Crippen LogP contribution in [0.15, 0.2) is 43.0 Å². The van der Waals surface area contributed by atoms with E-state index in [-0.39, 0.29) is 0 Å². The van der Waals surface area contributed by atoms with Crippen LogP contribution in [0.1, 0.15) is 16.7 Å². The van der Waals surface area contributed by atoms with E-state index in [0.29, 0.717) is 12.5 Å². The summed E-state index contributed by atoms with van der Waals surface area (Å²) < 4.78 is 13.0. The van der Waals surface area contributed by atoms with Crippen molar-refractivity contribution < 1.29 is 9.47 Å². The summed E-state index contributed by atoms with van der Waals surface area (Å²) in [7, 11) is 0. The molecule has 0 bridgehead atoms. The molecule has 6 rings (SSSR count). The van der Waals surface area contributed by atoms with Gasteiger partial charge in [-0.1, -0.05) is 12.1 Å². The molecule has 0 spiro atoms. The second-order valence-electron chi connectivity index (χ2n) is 8.33. The molecule has 0 amide bonds. The van der Waals surface area contributed by atoms with Crippen LogP contribution in [-0.4, -0.2) is 57.5 Å². The zero-order chi connectivity index (χ0) is 22.2. The van der Waals surface area contributed by atoms with Gasteiger partial charge in [-0.2, -0.15) is 0 Å². The lowest BCUT2D eigenvalue weighted by molar-refractivity contribution is 0.122. The van der Waals surface area contributed by atoms with Crippen molar-refractivity contribution in [1.82, 2.24) is 24.6 Å². The van der Waals surface area contributed by atoms with Gasteiger partial charge in [0.05, 0.1) is 19.8 Å². The number of fused-ring (bicyclic) bond motifs is 2. The van der Waals surface area contributed by atoms with E-state index < -0.39 is 0 Å². The van der Waals surface area contributed by atoms with Crippen LogP contribution in [0.2, 0.25) is 0 Å². The second kappa shape index (κ2) is 8.32. The maximum absolute atomic E-state index is 5.69. The number of benzene rings is 1. The van der Waals surface area contributed by atoms with E-state index in [2.05, 4.69) is 39.5 Å². The first-order valence-corrected chi connectivity index (χ1v) is 11.2. The van der Waals surface area contributed by atoms with E-state index >= 15 is 0 Å². The summed E-state index contributed by atoms with van der Waals surface area (Å²) in [5.41, 5.74) is 6.22. The minimum absolute atomic E-state index is 0.654. The molecule has 168 valence electrons. The molecule has 0 radical (unpaired) electrons. The van der Waals surface area contributed by atoms with Gasteiger partial charge in [0.1, 0.15) is 17.9 Å². The Kier molecular flexibility index (Phi) is 5.03. The first kappa shape index (κ1) is 19.9. The molecule has 33 heavy (non-hydrogen) atoms. The summed E-state index contributed by atoms with van der Waals surface area (Å²) in [6.45, 7) is 6.68. The Morgan fingerprint density at radius 1 is 1.09 bits per heavy atom. The highest BCUT2D eigenvalue weighted by molar-refractivity contribution is 5.78. The van der Waals surface area contributed by atoms with Crippen molar-refractivity contribution in [2.24, 2.45) is 0 Å². The van der Waals surface area contributed by atoms with Crippen LogP contribution in [0.5, 0.6) is 5.75 Å². The number of nitrogens with one attached hydrogen (secondary N) is 1. The Morgan fingerprint density at radius 3 is 2.88 bits per heavy atom. The van der Waals surface area contributed by atoms with Crippen molar-refractivity contribution in [2.75, 3.05) is 43.1 Å². The number of hydrogen-bond acceptors (Lipinski definition) is 8. The zero-order valence-corrected chi connectivity index (χ0v) is 18.5. The number of aryl methyl sites for hydroxylation is 1. The normalized spacial score (nSPS) is 15.5. The summed E-state index contributed by atoms with van der Waals surface area (Å²) >= 11 is 0. The fourth-order valence-corrected chi connectivity index (χ4v) is 4.61. The number of nitrogens with zero attached hydrogens (tertiary/aromatic N) is 6. The number of aromatic nitrogens is 5. The van der Waals surface area contributed by atoms with Crippen molar-refractivity contribution >= 4 is 17.4 Å². The predicted molar refractivity (Wildman–Crippen MR) is 125 cm³/mol. The molecule has 0 aliphatic carbocycles. The number of anilines is 2. The lowest BCUT2D eigenvalue weighted by Gasteiger charge is -2.29. The van der Waals surface area contributed by atoms with Gasteiger partial charge >= 0.3 is 0 Å². The number of hydrogen-bond donors (Lipinski definition) is 1. The van der Waals surface area contributed by atoms with Gasteiger partial charge in [-0.25, -0.2) is 9.97 Å². The van der Waals surface area contributed by atoms with Crippen LogP contribution in [0.3, 0.4) is 0 Å². The zero-order valence-electron chi connectivity index (χ0n) is 18.5. The molecule has 2 aliphatic heterocycles. The SMILES string of the molecule is Cc1cc(-c2cnc(NCc3cccc4c3CCO4)n3cnnc23)cnc1N1CCOCC1. The lowest BCUT2D eigenvalue weighted by atomic mass is 10.1. The molecule has 0 atom stereocenters. The third-order valence-electron chi connectivity index (χ3n) is 6.28. The quantitative estimate of drug-likeness (QED) is 0.504. The maximum atomic E-state index is 5.69. The van der Waals surface area contributed by atoms with Gasteiger partial charge in [-0.05, 0) is 30.2 Å². The number of rotatable bonds is 5. The molecular formula is C24H25N7O2. The van der Waals surface area contributed by atoms with Crippen LogP contribution >= 0.6 is 0 Å². The van der Waals surface area contributed by atoms with E-state index in [9.17, 15) is 0 Å². The fraction of sp³-hybridized carbons (Fsp3) is 0.333. The van der Waals surface area contributed by atoms with Crippen molar-refractivity contribution in [1.29, 1.82) is 0 Å². The summed E-state index contributed by atoms with van der Waals surface area (Å²) in [6, 6.07) is 8.33. The molecular weight excluding hydrogens is 418 g/mol. The standard InChI is InChI=1S/C24H25N7O2/c1-16-11-18(13-25-22(16)30-6-9-32-10-7-30)20-14-27-24(31-15-28-29-23(20)31)26-12-17-3-2-4-21-19(17)5-8-33-21/h2-4,11,13-15H,5-10,12H2,1H3,(H,26,27). The first-order chi connectivity index (χ1) is 16.3. The average molecular weight is 444 g/mol. The Hall–Kier alpha value is -3.72. The highest BCUT2D eigenvalue weighted by atomic mass is 16.5. The van der Waals surface area contributed by atoms with Gasteiger partial charge < -0.3 is 19.7 Å². The predicted octanol–water partition coefficient (Wildman–Crippen LogP) is 2.88. The van der Waals surface area contributed by atoms with Crippen molar-refractivity contribution in [2.45, 2.75) is 19.9 Å². The van der Waals surface area contributed by atoms with Crippen LogP contribution in [-0.2, 0) is 17.7 Å². The molecule has 4 aromatic rings. The summed E-state index contributed by atoms with van der Waals surface area (Å²) in [4.78, 5) is 11.7. The topological polar surface area (TPSA) is 89.7 Å². The molecule has 1 saturated heterocycles. The Labute approximate surface area is 191 Å². The van der Waals surface area contributed by atoms with Crippen molar-refractivity contribution in [3.05, 3.63) is 59.7 Å². The van der Waals surface area contributed by atoms with Crippen LogP contribution in [0, 0.1) is 6.92 Å². The Morgan fingerprint density at radius 2 is 2.00 bits per heavy atom. The molecule has 1 fully saturated rings. The van der Waals surface area contributed by atoms with Gasteiger partial charge in [-0.3, -0.25) is 4.40 Å². The van der Waals surface area contributed by atoms with Crippen LogP contribution < -0.4 is 15.0 Å². The fourth-order valence-electron chi connectivity index (χ4n) is 4.61. The maximum Gasteiger partial charge on any atom is 0.210 e. The molecule has 1 aromatic carbocycles. The Bertz CT molecular complexity index is 1310. The minimum Gasteiger partial charge on any atom is -0.493 e. The number of ether oxygens (including phenoxy) is 2. The van der Waals surface area contributed by atoms with Crippen LogP contribution in [0.4, 0.5) is 11.8 Å². The van der Waals surface area contributed by atoms with E-state index in [4.69, 9.17) is 19.4 Å². The smallest absolute Gasteiger partial charge is 0.210 e. The second-order valence-corrected chi connectivity index (χ2v) is 8.33. The van der Waals surface area contributed by atoms with E-state index in [1.807, 2.05) is 28.9 Å². The summed E-state index contributed by atoms with van der Waals surface area (Å²) in [6.07, 6.45) is 6.36. The van der Waals surface area contributed by atoms with Crippen molar-refractivity contribution in [3.8, 4) is 16.9 Å². The first-order valence-electron chi connectivity index (χ1n) is 11.2. The van der Waals surface area contributed by atoms with Gasteiger partial charge in [0, 0.05) is 55.1 Å². The monoisotopic (exact) mass is 443 g/mol. The van der Waals surface area contributed by atoms with E-state index in [1.54, 1.807) is 6.33 Å². The number of pyridine rings is 1. The molecule has 1 N–H and O–H groups in total. The molecule has 0 saturated carbocycles. The highest BCUT2D eigenvalue weighted by Crippen LogP contribution is 2.30. The van der Waals surface area contributed by atoms with Gasteiger partial charge in [0.25, 0.3) is 0 Å². The molecule has 2 aliphatic rings. The van der Waals surface area contributed by atoms with Crippen molar-refractivity contribution in [3.63, 3.8) is 0 Å². The minimum atomic E-state index is 0.654. The molecule has 3 aromatic heterocycles. The summed E-state index contributed by atoms with van der Waals surface area (Å²) in [5, 5.41) is 12.0. The van der Waals surface area contributed by atoms with Gasteiger partial charge in [0.2, 0.25) is 5.95 Å². The molecule has 5 heterocycles. The third kappa shape index (κ3) is 3.64. The number of morpholine rings is 1. The molecule has 9 heteroatoms. The van der Waals surface area contributed by atoms with E-state index in [1.165, 1.54) is 11.1 Å². The molecule has 9 nitrogen and oxygen atoms in total. The van der Waals surface area contributed by atoms with Gasteiger partial charge in [0.15, 0.2) is 5.65 Å². The van der Waals surface area contributed by atoms with E-state index in [0.717, 1.165) is 73.2 Å². The Balaban J connectivity index is 1.28. The van der Waals surface area contributed by atoms with Crippen LogP contribution in [0.25, 0.3) is 16.8 Å². The molecule has 0 unspecified atom stereocenters. The lowest BCUT2D eigenvalue weighted by Crippen LogP contribution is -2.37. The highest BCUT2D eigenvalue weighted by Gasteiger charge is 2.18. The third-order valence-corrected chi connectivity index (χ3v) is 6.28. The van der Waals surface area contributed by atoms with Gasteiger partial charge in [-0.15, -0.1) is 10.2 Å². The average Bonchev–Trinajstić information content (AvgIpc) is 3.53. The summed E-state index contributed by atoms with van der Waals surface area (Å²) in [5.74, 6) is 2.69. The largest absolute Gasteiger partial charge is 0.493 e.